The summed E-state index contributed by atoms with van der Waals surface area (Å²) in [5, 5.41) is 0. The molecule has 1 heterocycles. The summed E-state index contributed by atoms with van der Waals surface area (Å²) in [5.74, 6) is 0. The van der Waals surface area contributed by atoms with E-state index in [2.05, 4.69) is 39.7 Å². The number of phosphoric acid groups is 1. The molecule has 1 fully saturated rings. The summed E-state index contributed by atoms with van der Waals surface area (Å²) in [7, 11) is -1.51. The first kappa shape index (κ1) is 18.0. The summed E-state index contributed by atoms with van der Waals surface area (Å²) < 4.78 is 19.2. The maximum atomic E-state index is 10.5. The zero-order chi connectivity index (χ0) is 14.2. The lowest BCUT2D eigenvalue weighted by Gasteiger charge is -2.22. The molecule has 6 nitrogen and oxygen atoms in total. The number of hydrogen-bond acceptors (Lipinski definition) is 5. The summed E-state index contributed by atoms with van der Waals surface area (Å²) in [5.41, 5.74) is 0. The largest absolute Gasteiger partial charge is 0.472 e. The van der Waals surface area contributed by atoms with Crippen molar-refractivity contribution in [3.05, 3.63) is 0 Å². The molecule has 0 aromatic carbocycles. The molecule has 1 saturated heterocycles. The lowest BCUT2D eigenvalue weighted by Crippen LogP contribution is -2.33. The third-order valence-corrected chi connectivity index (χ3v) is 4.07. The van der Waals surface area contributed by atoms with Gasteiger partial charge in [0.15, 0.2) is 0 Å². The van der Waals surface area contributed by atoms with E-state index in [-0.39, 0.29) is 13.2 Å². The van der Waals surface area contributed by atoms with Crippen molar-refractivity contribution in [1.82, 2.24) is 9.80 Å². The monoisotopic (exact) mass is 282 g/mol. The highest BCUT2D eigenvalue weighted by Crippen LogP contribution is 2.42. The molecule has 1 unspecified atom stereocenters. The second-order valence-corrected chi connectivity index (χ2v) is 5.50. The second-order valence-electron chi connectivity index (χ2n) is 4.05. The summed E-state index contributed by atoms with van der Waals surface area (Å²) in [6.07, 6.45) is 0.662. The van der Waals surface area contributed by atoms with E-state index in [1.807, 2.05) is 0 Å². The summed E-state index contributed by atoms with van der Waals surface area (Å²) in [6, 6.07) is 0. The van der Waals surface area contributed by atoms with Crippen molar-refractivity contribution in [2.75, 3.05) is 39.9 Å². The Morgan fingerprint density at radius 1 is 1.22 bits per heavy atom. The Kier molecular flexibility index (Phi) is 9.03. The first-order valence-corrected chi connectivity index (χ1v) is 7.93. The van der Waals surface area contributed by atoms with Gasteiger partial charge in [-0.1, -0.05) is 6.92 Å². The van der Waals surface area contributed by atoms with Gasteiger partial charge in [0.05, 0.1) is 19.4 Å². The van der Waals surface area contributed by atoms with Crippen molar-refractivity contribution in [3.63, 3.8) is 0 Å². The van der Waals surface area contributed by atoms with Gasteiger partial charge in [0, 0.05) is 13.1 Å². The van der Waals surface area contributed by atoms with Gasteiger partial charge in [-0.2, -0.15) is 0 Å². The smallest absolute Gasteiger partial charge is 0.302 e. The molecule has 7 heteroatoms. The molecule has 0 aromatic heterocycles. The van der Waals surface area contributed by atoms with Crippen LogP contribution in [0.5, 0.6) is 0 Å². The standard InChI is InChI=1S/C7H16N2.C4H11O4P/c1-4-9-6-5-8(3)7(9)2;1-3-7-9(5,6)8-4-2/h7H,4-6H2,1-3H3;3-4H2,1-2H3,(H,5,6). The van der Waals surface area contributed by atoms with E-state index in [1.54, 1.807) is 13.8 Å². The molecule has 110 valence electrons. The van der Waals surface area contributed by atoms with E-state index in [9.17, 15) is 4.57 Å². The third kappa shape index (κ3) is 6.83. The predicted molar refractivity (Wildman–Crippen MR) is 72.4 cm³/mol. The fourth-order valence-electron chi connectivity index (χ4n) is 1.72. The molecule has 1 atom stereocenters. The fraction of sp³-hybridized carbons (Fsp3) is 1.00. The maximum Gasteiger partial charge on any atom is 0.472 e. The van der Waals surface area contributed by atoms with Crippen LogP contribution >= 0.6 is 7.82 Å². The molecular weight excluding hydrogens is 255 g/mol. The van der Waals surface area contributed by atoms with Crippen LogP contribution in [0.3, 0.4) is 0 Å². The minimum Gasteiger partial charge on any atom is -0.302 e. The Morgan fingerprint density at radius 3 is 1.94 bits per heavy atom. The lowest BCUT2D eigenvalue weighted by atomic mass is 10.5. The molecule has 0 bridgehead atoms. The highest BCUT2D eigenvalue weighted by Gasteiger charge is 2.22. The fourth-order valence-corrected chi connectivity index (χ4v) is 2.45. The molecule has 0 radical (unpaired) electrons. The highest BCUT2D eigenvalue weighted by atomic mass is 31.2. The van der Waals surface area contributed by atoms with Gasteiger partial charge in [0.1, 0.15) is 0 Å². The molecule has 0 saturated carbocycles. The molecule has 0 spiro atoms. The van der Waals surface area contributed by atoms with Crippen molar-refractivity contribution >= 4 is 7.82 Å². The van der Waals surface area contributed by atoms with Gasteiger partial charge in [-0.3, -0.25) is 18.8 Å². The zero-order valence-electron chi connectivity index (χ0n) is 12.1. The van der Waals surface area contributed by atoms with Gasteiger partial charge in [-0.25, -0.2) is 4.57 Å². The van der Waals surface area contributed by atoms with Crippen molar-refractivity contribution in [3.8, 4) is 0 Å². The molecular formula is C11H27N2O4P. The minimum atomic E-state index is -3.69. The average molecular weight is 282 g/mol. The molecule has 0 amide bonds. The third-order valence-electron chi connectivity index (χ3n) is 2.90. The van der Waals surface area contributed by atoms with Gasteiger partial charge < -0.3 is 4.89 Å². The van der Waals surface area contributed by atoms with E-state index in [0.717, 1.165) is 0 Å². The van der Waals surface area contributed by atoms with Gasteiger partial charge >= 0.3 is 7.82 Å². The van der Waals surface area contributed by atoms with E-state index in [1.165, 1.54) is 19.6 Å². The van der Waals surface area contributed by atoms with Gasteiger partial charge in [-0.15, -0.1) is 0 Å². The van der Waals surface area contributed by atoms with Gasteiger partial charge in [0.2, 0.25) is 0 Å². The first-order valence-electron chi connectivity index (χ1n) is 6.44. The predicted octanol–water partition coefficient (Wildman–Crippen LogP) is 1.76. The van der Waals surface area contributed by atoms with Crippen LogP contribution in [-0.4, -0.2) is 60.8 Å². The molecule has 1 aliphatic rings. The number of phosphoric ester groups is 1. The summed E-state index contributed by atoms with van der Waals surface area (Å²) in [4.78, 5) is 13.5. The molecule has 1 aliphatic heterocycles. The summed E-state index contributed by atoms with van der Waals surface area (Å²) >= 11 is 0. The van der Waals surface area contributed by atoms with Crippen LogP contribution in [0.2, 0.25) is 0 Å². The number of rotatable bonds is 5. The Labute approximate surface area is 110 Å². The molecule has 18 heavy (non-hydrogen) atoms. The Balaban J connectivity index is 0.000000321. The Bertz CT molecular complexity index is 255. The zero-order valence-corrected chi connectivity index (χ0v) is 13.0. The van der Waals surface area contributed by atoms with Crippen LogP contribution in [0.15, 0.2) is 0 Å². The first-order chi connectivity index (χ1) is 8.37. The maximum absolute atomic E-state index is 10.5. The van der Waals surface area contributed by atoms with Crippen molar-refractivity contribution < 1.29 is 18.5 Å². The lowest BCUT2D eigenvalue weighted by molar-refractivity contribution is 0.161. The SMILES string of the molecule is CCN1CCN(C)C1C.CCOP(=O)(O)OCC. The topological polar surface area (TPSA) is 62.2 Å². The quantitative estimate of drug-likeness (QED) is 0.775. The molecule has 1 N–H and O–H groups in total. The van der Waals surface area contributed by atoms with Crippen LogP contribution in [0.25, 0.3) is 0 Å². The van der Waals surface area contributed by atoms with E-state index >= 15 is 0 Å². The van der Waals surface area contributed by atoms with E-state index in [4.69, 9.17) is 4.89 Å². The van der Waals surface area contributed by atoms with E-state index in [0.29, 0.717) is 6.17 Å². The van der Waals surface area contributed by atoms with Crippen LogP contribution < -0.4 is 0 Å². The average Bonchev–Trinajstić information content (AvgIpc) is 2.60. The van der Waals surface area contributed by atoms with Gasteiger partial charge in [-0.05, 0) is 34.4 Å². The van der Waals surface area contributed by atoms with Gasteiger partial charge in [0.25, 0.3) is 0 Å². The van der Waals surface area contributed by atoms with E-state index < -0.39 is 7.82 Å². The number of hydrogen-bond donors (Lipinski definition) is 1. The molecule has 1 rings (SSSR count). The normalized spacial score (nSPS) is 21.8. The Morgan fingerprint density at radius 2 is 1.72 bits per heavy atom. The van der Waals surface area contributed by atoms with Crippen molar-refractivity contribution in [2.24, 2.45) is 0 Å². The molecule has 0 aromatic rings. The Hall–Kier alpha value is 0.0300. The van der Waals surface area contributed by atoms with Crippen molar-refractivity contribution in [2.45, 2.75) is 33.9 Å². The minimum absolute atomic E-state index is 0.188. The molecule has 0 aliphatic carbocycles. The number of nitrogens with zero attached hydrogens (tertiary/aromatic N) is 2. The van der Waals surface area contributed by atoms with Crippen molar-refractivity contribution in [1.29, 1.82) is 0 Å². The number of likely N-dealkylation sites (N-methyl/N-ethyl adjacent to an activating group) is 2. The highest BCUT2D eigenvalue weighted by molar-refractivity contribution is 7.47. The van der Waals surface area contributed by atoms with Crippen LogP contribution in [-0.2, 0) is 13.6 Å². The van der Waals surface area contributed by atoms with Crippen LogP contribution in [0, 0.1) is 0 Å². The van der Waals surface area contributed by atoms with Crippen LogP contribution in [0.1, 0.15) is 27.7 Å². The summed E-state index contributed by atoms with van der Waals surface area (Å²) in [6.45, 7) is 11.8. The van der Waals surface area contributed by atoms with Crippen LogP contribution in [0.4, 0.5) is 0 Å². The second kappa shape index (κ2) is 9.02.